The number of nitrogen functional groups attached to an aromatic ring is 1. The summed E-state index contributed by atoms with van der Waals surface area (Å²) in [6, 6.07) is 3.68. The molecule has 0 spiro atoms. The van der Waals surface area contributed by atoms with Gasteiger partial charge in [0.05, 0.1) is 11.3 Å². The van der Waals surface area contributed by atoms with E-state index >= 15 is 0 Å². The predicted octanol–water partition coefficient (Wildman–Crippen LogP) is 2.02. The number of hydrogen-bond donors (Lipinski definition) is 2. The second kappa shape index (κ2) is 6.91. The smallest absolute Gasteiger partial charge is 0.335 e. The first-order valence-electron chi connectivity index (χ1n) is 6.86. The molecule has 1 rings (SSSR count). The highest BCUT2D eigenvalue weighted by Gasteiger charge is 2.26. The van der Waals surface area contributed by atoms with E-state index in [2.05, 4.69) is 0 Å². The van der Waals surface area contributed by atoms with Gasteiger partial charge in [0.1, 0.15) is 4.90 Å². The van der Waals surface area contributed by atoms with Crippen LogP contribution in [0.15, 0.2) is 23.1 Å². The number of benzene rings is 1. The minimum Gasteiger partial charge on any atom is -0.478 e. The van der Waals surface area contributed by atoms with Crippen molar-refractivity contribution in [1.82, 2.24) is 4.31 Å². The van der Waals surface area contributed by atoms with Crippen LogP contribution < -0.4 is 5.73 Å². The molecule has 1 atom stereocenters. The van der Waals surface area contributed by atoms with Crippen LogP contribution in [0, 0.1) is 5.92 Å². The molecular weight excluding hydrogens is 292 g/mol. The van der Waals surface area contributed by atoms with Crippen LogP contribution in [0.4, 0.5) is 5.69 Å². The van der Waals surface area contributed by atoms with Crippen molar-refractivity contribution in [2.24, 2.45) is 5.92 Å². The van der Waals surface area contributed by atoms with Gasteiger partial charge in [0, 0.05) is 13.1 Å². The van der Waals surface area contributed by atoms with Crippen LogP contribution in [0.25, 0.3) is 0 Å². The van der Waals surface area contributed by atoms with Gasteiger partial charge in [-0.25, -0.2) is 13.2 Å². The van der Waals surface area contributed by atoms with E-state index in [9.17, 15) is 13.2 Å². The van der Waals surface area contributed by atoms with Gasteiger partial charge in [0.2, 0.25) is 10.0 Å². The number of sulfonamides is 1. The van der Waals surface area contributed by atoms with E-state index in [1.807, 2.05) is 13.8 Å². The Hall–Kier alpha value is -1.60. The predicted molar refractivity (Wildman–Crippen MR) is 81.7 cm³/mol. The van der Waals surface area contributed by atoms with Gasteiger partial charge in [-0.2, -0.15) is 4.31 Å². The molecule has 118 valence electrons. The highest BCUT2D eigenvalue weighted by atomic mass is 32.2. The molecule has 0 aliphatic heterocycles. The third-order valence-electron chi connectivity index (χ3n) is 3.44. The van der Waals surface area contributed by atoms with Crippen molar-refractivity contribution >= 4 is 21.7 Å². The van der Waals surface area contributed by atoms with Crippen molar-refractivity contribution in [3.63, 3.8) is 0 Å². The van der Waals surface area contributed by atoms with Crippen LogP contribution in [0.1, 0.15) is 37.6 Å². The Labute approximate surface area is 125 Å². The van der Waals surface area contributed by atoms with Crippen LogP contribution in [-0.4, -0.2) is 36.9 Å². The number of aromatic carboxylic acids is 1. The number of hydrogen-bond acceptors (Lipinski definition) is 4. The molecule has 0 radical (unpaired) electrons. The molecule has 0 aliphatic carbocycles. The minimum absolute atomic E-state index is 0.0311. The first kappa shape index (κ1) is 17.5. The molecule has 1 aromatic carbocycles. The summed E-state index contributed by atoms with van der Waals surface area (Å²) in [7, 11) is -3.71. The Bertz CT molecular complexity index is 613. The molecule has 0 aromatic heterocycles. The molecule has 0 saturated carbocycles. The van der Waals surface area contributed by atoms with Crippen molar-refractivity contribution in [1.29, 1.82) is 0 Å². The quantitative estimate of drug-likeness (QED) is 0.750. The Morgan fingerprint density at radius 3 is 2.43 bits per heavy atom. The molecule has 0 heterocycles. The van der Waals surface area contributed by atoms with E-state index < -0.39 is 16.0 Å². The number of carbonyl (C=O) groups is 1. The molecule has 7 heteroatoms. The maximum absolute atomic E-state index is 12.6. The average molecular weight is 314 g/mol. The summed E-state index contributed by atoms with van der Waals surface area (Å²) in [5, 5.41) is 8.89. The molecule has 0 amide bonds. The Kier molecular flexibility index (Phi) is 5.74. The summed E-state index contributed by atoms with van der Waals surface area (Å²) in [6.07, 6.45) is 0.874. The normalized spacial score (nSPS) is 13.3. The highest BCUT2D eigenvalue weighted by molar-refractivity contribution is 7.89. The second-order valence-electron chi connectivity index (χ2n) is 5.03. The van der Waals surface area contributed by atoms with Gasteiger partial charge in [-0.1, -0.05) is 27.2 Å². The average Bonchev–Trinajstić information content (AvgIpc) is 2.43. The topological polar surface area (TPSA) is 101 Å². The van der Waals surface area contributed by atoms with Crippen LogP contribution in [-0.2, 0) is 10.0 Å². The lowest BCUT2D eigenvalue weighted by atomic mass is 10.1. The fraction of sp³-hybridized carbons (Fsp3) is 0.500. The van der Waals surface area contributed by atoms with Crippen LogP contribution in [0.3, 0.4) is 0 Å². The fourth-order valence-electron chi connectivity index (χ4n) is 1.93. The Morgan fingerprint density at radius 2 is 2.00 bits per heavy atom. The Morgan fingerprint density at radius 1 is 1.38 bits per heavy atom. The number of carboxylic acids is 1. The molecule has 1 unspecified atom stereocenters. The van der Waals surface area contributed by atoms with Crippen LogP contribution in [0.5, 0.6) is 0 Å². The molecule has 3 N–H and O–H groups in total. The number of rotatable bonds is 7. The molecule has 1 aromatic rings. The summed E-state index contributed by atoms with van der Waals surface area (Å²) in [5.41, 5.74) is 5.66. The van der Waals surface area contributed by atoms with E-state index in [0.29, 0.717) is 13.1 Å². The lowest BCUT2D eigenvalue weighted by Gasteiger charge is -2.24. The summed E-state index contributed by atoms with van der Waals surface area (Å²) >= 11 is 0. The van der Waals surface area contributed by atoms with E-state index in [1.165, 1.54) is 22.5 Å². The van der Waals surface area contributed by atoms with Gasteiger partial charge in [0.25, 0.3) is 0 Å². The first-order valence-corrected chi connectivity index (χ1v) is 8.31. The third kappa shape index (κ3) is 3.95. The Balaban J connectivity index is 3.20. The number of nitrogens with zero attached hydrogens (tertiary/aromatic N) is 1. The van der Waals surface area contributed by atoms with Gasteiger partial charge in [-0.15, -0.1) is 0 Å². The van der Waals surface area contributed by atoms with Crippen molar-refractivity contribution in [2.75, 3.05) is 18.8 Å². The standard InChI is InChI=1S/C14H22N2O4S/c1-4-10(3)9-16(5-2)21(19,20)13-7-6-11(14(17)18)8-12(13)15/h6-8,10H,4-5,9,15H2,1-3H3,(H,17,18). The molecular formula is C14H22N2O4S. The maximum atomic E-state index is 12.6. The van der Waals surface area contributed by atoms with E-state index in [0.717, 1.165) is 6.42 Å². The van der Waals surface area contributed by atoms with E-state index in [-0.39, 0.29) is 22.1 Å². The minimum atomic E-state index is -3.71. The van der Waals surface area contributed by atoms with Crippen molar-refractivity contribution in [2.45, 2.75) is 32.1 Å². The first-order chi connectivity index (χ1) is 9.73. The summed E-state index contributed by atoms with van der Waals surface area (Å²) in [5.74, 6) is -0.906. The van der Waals surface area contributed by atoms with Gasteiger partial charge < -0.3 is 10.8 Å². The highest BCUT2D eigenvalue weighted by Crippen LogP contribution is 2.24. The second-order valence-corrected chi connectivity index (χ2v) is 6.93. The monoisotopic (exact) mass is 314 g/mol. The molecule has 0 fully saturated rings. The fourth-order valence-corrected chi connectivity index (χ4v) is 3.60. The number of nitrogens with two attached hydrogens (primary N) is 1. The number of anilines is 1. The molecule has 0 aliphatic rings. The lowest BCUT2D eigenvalue weighted by Crippen LogP contribution is -2.35. The third-order valence-corrected chi connectivity index (χ3v) is 5.45. The van der Waals surface area contributed by atoms with Crippen molar-refractivity contribution in [3.05, 3.63) is 23.8 Å². The van der Waals surface area contributed by atoms with Crippen LogP contribution >= 0.6 is 0 Å². The zero-order valence-electron chi connectivity index (χ0n) is 12.5. The van der Waals surface area contributed by atoms with E-state index in [1.54, 1.807) is 6.92 Å². The summed E-state index contributed by atoms with van der Waals surface area (Å²) in [4.78, 5) is 10.8. The SMILES string of the molecule is CCC(C)CN(CC)S(=O)(=O)c1ccc(C(=O)O)cc1N. The zero-order valence-corrected chi connectivity index (χ0v) is 13.4. The van der Waals surface area contributed by atoms with Gasteiger partial charge in [0.15, 0.2) is 0 Å². The summed E-state index contributed by atoms with van der Waals surface area (Å²) < 4.78 is 26.6. The zero-order chi connectivity index (χ0) is 16.2. The molecule has 6 nitrogen and oxygen atoms in total. The van der Waals surface area contributed by atoms with Crippen molar-refractivity contribution < 1.29 is 18.3 Å². The molecule has 0 bridgehead atoms. The maximum Gasteiger partial charge on any atom is 0.335 e. The number of carboxylic acid groups (broad SMARTS) is 1. The van der Waals surface area contributed by atoms with Gasteiger partial charge >= 0.3 is 5.97 Å². The van der Waals surface area contributed by atoms with Crippen molar-refractivity contribution in [3.8, 4) is 0 Å². The molecule has 0 saturated heterocycles. The lowest BCUT2D eigenvalue weighted by molar-refractivity contribution is 0.0697. The van der Waals surface area contributed by atoms with Crippen LogP contribution in [0.2, 0.25) is 0 Å². The van der Waals surface area contributed by atoms with E-state index in [4.69, 9.17) is 10.8 Å². The van der Waals surface area contributed by atoms with Gasteiger partial charge in [-0.3, -0.25) is 0 Å². The largest absolute Gasteiger partial charge is 0.478 e. The molecule has 21 heavy (non-hydrogen) atoms. The van der Waals surface area contributed by atoms with Gasteiger partial charge in [-0.05, 0) is 24.1 Å². The summed E-state index contributed by atoms with van der Waals surface area (Å²) in [6.45, 7) is 6.50.